The van der Waals surface area contributed by atoms with E-state index < -0.39 is 0 Å². The van der Waals surface area contributed by atoms with Crippen LogP contribution in [0.25, 0.3) is 10.9 Å². The minimum absolute atomic E-state index is 0.202. The van der Waals surface area contributed by atoms with E-state index in [-0.39, 0.29) is 6.04 Å². The summed E-state index contributed by atoms with van der Waals surface area (Å²) in [5, 5.41) is 1.18. The number of para-hydroxylation sites is 1. The second-order valence-corrected chi connectivity index (χ2v) is 4.76. The van der Waals surface area contributed by atoms with E-state index in [0.29, 0.717) is 5.92 Å². The van der Waals surface area contributed by atoms with Gasteiger partial charge in [-0.2, -0.15) is 0 Å². The number of hydrazine groups is 1. The van der Waals surface area contributed by atoms with E-state index in [2.05, 4.69) is 23.6 Å². The highest BCUT2D eigenvalue weighted by atomic mass is 15.2. The smallest absolute Gasteiger partial charge is 0.0706 e. The molecule has 1 fully saturated rings. The fraction of sp³-hybridized carbons (Fsp3) is 0.357. The molecular formula is C14H17N3. The van der Waals surface area contributed by atoms with Gasteiger partial charge in [0.25, 0.3) is 0 Å². The van der Waals surface area contributed by atoms with Crippen molar-refractivity contribution in [1.82, 2.24) is 10.4 Å². The molecule has 1 aliphatic carbocycles. The minimum Gasteiger partial charge on any atom is -0.271 e. The van der Waals surface area contributed by atoms with Crippen molar-refractivity contribution < 1.29 is 0 Å². The average molecular weight is 227 g/mol. The number of pyridine rings is 1. The summed E-state index contributed by atoms with van der Waals surface area (Å²) in [5.41, 5.74) is 5.03. The van der Waals surface area contributed by atoms with Crippen molar-refractivity contribution in [3.63, 3.8) is 0 Å². The van der Waals surface area contributed by atoms with Gasteiger partial charge < -0.3 is 0 Å². The molecule has 1 aliphatic rings. The van der Waals surface area contributed by atoms with Gasteiger partial charge in [0.2, 0.25) is 0 Å². The lowest BCUT2D eigenvalue weighted by molar-refractivity contribution is 0.229. The molecule has 3 heteroatoms. The number of hydrogen-bond acceptors (Lipinski definition) is 3. The molecule has 17 heavy (non-hydrogen) atoms. The second-order valence-electron chi connectivity index (χ2n) is 4.76. The van der Waals surface area contributed by atoms with Crippen molar-refractivity contribution in [2.24, 2.45) is 11.8 Å². The Morgan fingerprint density at radius 3 is 2.71 bits per heavy atom. The van der Waals surface area contributed by atoms with E-state index in [1.165, 1.54) is 24.6 Å². The van der Waals surface area contributed by atoms with Crippen LogP contribution in [-0.2, 0) is 0 Å². The monoisotopic (exact) mass is 227 g/mol. The van der Waals surface area contributed by atoms with Crippen LogP contribution in [0.2, 0.25) is 0 Å². The highest BCUT2D eigenvalue weighted by Crippen LogP contribution is 2.36. The first-order valence-electron chi connectivity index (χ1n) is 6.20. The Balaban J connectivity index is 1.98. The number of benzene rings is 1. The summed E-state index contributed by atoms with van der Waals surface area (Å²) in [6.07, 6.45) is 3.82. The van der Waals surface area contributed by atoms with E-state index in [1.54, 1.807) is 0 Å². The fourth-order valence-corrected chi connectivity index (χ4v) is 2.49. The molecule has 1 atom stereocenters. The van der Waals surface area contributed by atoms with Gasteiger partial charge in [0.1, 0.15) is 0 Å². The van der Waals surface area contributed by atoms with E-state index >= 15 is 0 Å². The quantitative estimate of drug-likeness (QED) is 0.626. The largest absolute Gasteiger partial charge is 0.271 e. The molecule has 3 nitrogen and oxygen atoms in total. The lowest BCUT2D eigenvalue weighted by atomic mass is 9.78. The zero-order valence-electron chi connectivity index (χ0n) is 9.76. The van der Waals surface area contributed by atoms with Crippen LogP contribution in [0.15, 0.2) is 36.4 Å². The topological polar surface area (TPSA) is 50.9 Å². The summed E-state index contributed by atoms with van der Waals surface area (Å²) in [4.78, 5) is 4.71. The molecule has 1 aromatic heterocycles. The minimum atomic E-state index is 0.202. The summed E-state index contributed by atoms with van der Waals surface area (Å²) in [6.45, 7) is 0. The summed E-state index contributed by atoms with van der Waals surface area (Å²) in [7, 11) is 0. The highest BCUT2D eigenvalue weighted by Gasteiger charge is 2.28. The third-order valence-electron chi connectivity index (χ3n) is 3.74. The van der Waals surface area contributed by atoms with Crippen molar-refractivity contribution in [3.8, 4) is 0 Å². The van der Waals surface area contributed by atoms with Crippen LogP contribution >= 0.6 is 0 Å². The normalized spacial score (nSPS) is 17.9. The van der Waals surface area contributed by atoms with Crippen LogP contribution in [0.3, 0.4) is 0 Å². The molecule has 1 heterocycles. The van der Waals surface area contributed by atoms with Crippen molar-refractivity contribution in [1.29, 1.82) is 0 Å². The van der Waals surface area contributed by atoms with Gasteiger partial charge in [-0.15, -0.1) is 0 Å². The predicted octanol–water partition coefficient (Wildman–Crippen LogP) is 2.54. The first-order valence-corrected chi connectivity index (χ1v) is 6.20. The molecule has 0 spiro atoms. The molecule has 3 N–H and O–H groups in total. The van der Waals surface area contributed by atoms with Gasteiger partial charge in [0, 0.05) is 5.39 Å². The van der Waals surface area contributed by atoms with Crippen molar-refractivity contribution in [3.05, 3.63) is 42.1 Å². The molecule has 1 aromatic carbocycles. The van der Waals surface area contributed by atoms with Crippen LogP contribution in [0.5, 0.6) is 0 Å². The summed E-state index contributed by atoms with van der Waals surface area (Å²) >= 11 is 0. The molecule has 88 valence electrons. The van der Waals surface area contributed by atoms with Gasteiger partial charge in [-0.05, 0) is 30.9 Å². The van der Waals surface area contributed by atoms with E-state index in [9.17, 15) is 0 Å². The maximum Gasteiger partial charge on any atom is 0.0706 e. The molecule has 0 radical (unpaired) electrons. The van der Waals surface area contributed by atoms with E-state index in [1.807, 2.05) is 18.2 Å². The Bertz CT molecular complexity index is 520. The molecule has 0 saturated heterocycles. The van der Waals surface area contributed by atoms with Crippen LogP contribution in [0, 0.1) is 5.92 Å². The summed E-state index contributed by atoms with van der Waals surface area (Å²) < 4.78 is 0. The molecule has 1 saturated carbocycles. The zero-order valence-corrected chi connectivity index (χ0v) is 9.76. The summed E-state index contributed by atoms with van der Waals surface area (Å²) in [6, 6.07) is 12.6. The average Bonchev–Trinajstić information content (AvgIpc) is 2.33. The van der Waals surface area contributed by atoms with Gasteiger partial charge >= 0.3 is 0 Å². The van der Waals surface area contributed by atoms with Crippen LogP contribution in [0.1, 0.15) is 31.0 Å². The molecule has 3 rings (SSSR count). The van der Waals surface area contributed by atoms with Gasteiger partial charge in [0.05, 0.1) is 17.3 Å². The molecule has 0 amide bonds. The Morgan fingerprint density at radius 1 is 1.18 bits per heavy atom. The standard InChI is InChI=1S/C14H17N3/c15-17-14(11-5-3-6-11)13-9-8-10-4-1-2-7-12(10)16-13/h1-2,4,7-9,11,14,17H,3,5-6,15H2. The Kier molecular flexibility index (Phi) is 2.79. The van der Waals surface area contributed by atoms with Crippen LogP contribution in [-0.4, -0.2) is 4.98 Å². The Hall–Kier alpha value is -1.45. The first-order chi connectivity index (χ1) is 8.38. The first kappa shape index (κ1) is 10.7. The lowest BCUT2D eigenvalue weighted by Gasteiger charge is -2.32. The zero-order chi connectivity index (χ0) is 11.7. The Morgan fingerprint density at radius 2 is 2.00 bits per heavy atom. The van der Waals surface area contributed by atoms with Gasteiger partial charge in [-0.25, -0.2) is 0 Å². The van der Waals surface area contributed by atoms with Crippen molar-refractivity contribution in [2.45, 2.75) is 25.3 Å². The number of nitrogens with zero attached hydrogens (tertiary/aromatic N) is 1. The number of nitrogens with two attached hydrogens (primary N) is 1. The van der Waals surface area contributed by atoms with Crippen molar-refractivity contribution in [2.75, 3.05) is 0 Å². The van der Waals surface area contributed by atoms with Gasteiger partial charge in [0.15, 0.2) is 0 Å². The molecule has 0 bridgehead atoms. The Labute approximate surface area is 101 Å². The van der Waals surface area contributed by atoms with Crippen molar-refractivity contribution >= 4 is 10.9 Å². The predicted molar refractivity (Wildman–Crippen MR) is 69.1 cm³/mol. The van der Waals surface area contributed by atoms with Gasteiger partial charge in [-0.3, -0.25) is 16.3 Å². The fourth-order valence-electron chi connectivity index (χ4n) is 2.49. The number of fused-ring (bicyclic) bond motifs is 1. The second kappa shape index (κ2) is 4.43. The number of aromatic nitrogens is 1. The number of rotatable bonds is 3. The molecule has 2 aromatic rings. The third kappa shape index (κ3) is 1.92. The maximum atomic E-state index is 5.67. The number of hydrogen-bond donors (Lipinski definition) is 2. The number of nitrogens with one attached hydrogen (secondary N) is 1. The van der Waals surface area contributed by atoms with Gasteiger partial charge in [-0.1, -0.05) is 30.7 Å². The highest BCUT2D eigenvalue weighted by molar-refractivity contribution is 5.78. The molecular weight excluding hydrogens is 210 g/mol. The van der Waals surface area contributed by atoms with E-state index in [4.69, 9.17) is 10.8 Å². The van der Waals surface area contributed by atoms with Crippen LogP contribution in [0.4, 0.5) is 0 Å². The maximum absolute atomic E-state index is 5.67. The third-order valence-corrected chi connectivity index (χ3v) is 3.74. The van der Waals surface area contributed by atoms with Crippen LogP contribution < -0.4 is 11.3 Å². The lowest BCUT2D eigenvalue weighted by Crippen LogP contribution is -2.36. The molecule has 1 unspecified atom stereocenters. The molecule has 0 aliphatic heterocycles. The summed E-state index contributed by atoms with van der Waals surface area (Å²) in [5.74, 6) is 6.32. The SMILES string of the molecule is NNC(c1ccc2ccccc2n1)C1CCC1. The van der Waals surface area contributed by atoms with E-state index in [0.717, 1.165) is 11.2 Å².